The summed E-state index contributed by atoms with van der Waals surface area (Å²) in [6.45, 7) is -1.34. The lowest BCUT2D eigenvalue weighted by molar-refractivity contribution is -0.143. The van der Waals surface area contributed by atoms with Gasteiger partial charge in [-0.15, -0.1) is 10.2 Å². The zero-order chi connectivity index (χ0) is 24.0. The van der Waals surface area contributed by atoms with Gasteiger partial charge in [-0.3, -0.25) is 4.68 Å². The third-order valence-corrected chi connectivity index (χ3v) is 6.56. The zero-order valence-corrected chi connectivity index (χ0v) is 19.2. The number of aryl methyl sites for hydroxylation is 1. The van der Waals surface area contributed by atoms with Crippen LogP contribution in [0, 0.1) is 5.92 Å². The van der Waals surface area contributed by atoms with Gasteiger partial charge in [0.15, 0.2) is 5.82 Å². The Balaban J connectivity index is 1.38. The van der Waals surface area contributed by atoms with Gasteiger partial charge < -0.3 is 19.4 Å². The van der Waals surface area contributed by atoms with Gasteiger partial charge in [-0.1, -0.05) is 18.5 Å². The number of aromatic nitrogens is 5. The Bertz CT molecular complexity index is 1220. The van der Waals surface area contributed by atoms with Crippen LogP contribution in [0.4, 0.5) is 19.3 Å². The second-order valence-corrected chi connectivity index (χ2v) is 9.15. The number of nitrogens with zero attached hydrogens (tertiary/aromatic N) is 6. The van der Waals surface area contributed by atoms with Crippen LogP contribution in [0.25, 0.3) is 11.4 Å². The van der Waals surface area contributed by atoms with E-state index < -0.39 is 18.8 Å². The molecule has 0 unspecified atom stereocenters. The molecule has 3 aromatic rings. The number of hydrogen-bond donors (Lipinski definition) is 1. The van der Waals surface area contributed by atoms with E-state index in [9.17, 15) is 13.6 Å². The molecule has 2 aliphatic heterocycles. The van der Waals surface area contributed by atoms with Crippen molar-refractivity contribution in [3.05, 3.63) is 41.3 Å². The molecular weight excluding hydrogens is 472 g/mol. The maximum Gasteiger partial charge on any atom is 0.345 e. The zero-order valence-electron chi connectivity index (χ0n) is 18.4. The smallest absolute Gasteiger partial charge is 0.345 e. The molecule has 2 aromatic heterocycles. The molecule has 13 heteroatoms. The van der Waals surface area contributed by atoms with Gasteiger partial charge in [-0.2, -0.15) is 13.9 Å². The minimum absolute atomic E-state index is 0.000594. The summed E-state index contributed by atoms with van der Waals surface area (Å²) < 4.78 is 36.2. The Kier molecular flexibility index (Phi) is 5.72. The Morgan fingerprint density at radius 3 is 2.94 bits per heavy atom. The first-order valence-electron chi connectivity index (χ1n) is 10.7. The average molecular weight is 494 g/mol. The molecule has 3 atom stereocenters. The highest BCUT2D eigenvalue weighted by atomic mass is 35.5. The highest BCUT2D eigenvalue weighted by Crippen LogP contribution is 2.55. The molecule has 2 bridgehead atoms. The number of carbonyl (C=O) groups is 1. The molecule has 3 aliphatic rings. The second kappa shape index (κ2) is 8.58. The molecule has 0 radical (unpaired) electrons. The summed E-state index contributed by atoms with van der Waals surface area (Å²) in [5, 5.41) is 15.6. The van der Waals surface area contributed by atoms with Crippen LogP contribution in [0.2, 0.25) is 5.02 Å². The minimum atomic E-state index is -2.94. The number of urea groups is 1. The number of rotatable bonds is 6. The number of nitrogens with one attached hydrogen (secondary N) is 1. The van der Waals surface area contributed by atoms with E-state index in [-0.39, 0.29) is 23.9 Å². The Labute approximate surface area is 198 Å². The largest absolute Gasteiger partial charge is 0.420 e. The van der Waals surface area contributed by atoms with E-state index in [0.29, 0.717) is 40.9 Å². The molecule has 10 nitrogen and oxygen atoms in total. The van der Waals surface area contributed by atoms with Crippen LogP contribution in [0.15, 0.2) is 28.9 Å². The summed E-state index contributed by atoms with van der Waals surface area (Å²) >= 11 is 6.32. The molecule has 6 rings (SSSR count). The molecule has 4 heterocycles. The molecule has 2 saturated heterocycles. The van der Waals surface area contributed by atoms with Gasteiger partial charge >= 0.3 is 12.6 Å². The van der Waals surface area contributed by atoms with Crippen molar-refractivity contribution in [1.82, 2.24) is 29.9 Å². The molecule has 1 N–H and O–H groups in total. The van der Waals surface area contributed by atoms with E-state index >= 15 is 0 Å². The summed E-state index contributed by atoms with van der Waals surface area (Å²) in [4.78, 5) is 19.3. The van der Waals surface area contributed by atoms with Crippen LogP contribution in [-0.2, 0) is 23.9 Å². The van der Waals surface area contributed by atoms with E-state index in [0.717, 1.165) is 6.42 Å². The molecular formula is C21H22ClF2N7O3. The fraction of sp³-hybridized carbons (Fsp3) is 0.476. The molecule has 34 heavy (non-hydrogen) atoms. The van der Waals surface area contributed by atoms with Crippen molar-refractivity contribution in [3.8, 4) is 11.4 Å². The van der Waals surface area contributed by atoms with Crippen LogP contribution in [0.3, 0.4) is 0 Å². The SMILES string of the molecule is C[C@@H]1C[C@@H]2C[C@](c3nnc(COC(F)F)o3)(C1)N2C(=O)Nc1ccc(Cl)c(-c2ncn(C)n2)c1. The van der Waals surface area contributed by atoms with Crippen molar-refractivity contribution in [1.29, 1.82) is 0 Å². The number of anilines is 1. The number of halogens is 3. The van der Waals surface area contributed by atoms with Gasteiger partial charge in [0, 0.05) is 30.8 Å². The second-order valence-electron chi connectivity index (χ2n) is 8.74. The fourth-order valence-corrected chi connectivity index (χ4v) is 5.21. The predicted octanol–water partition coefficient (Wildman–Crippen LogP) is 4.19. The first-order valence-corrected chi connectivity index (χ1v) is 11.1. The molecule has 1 aromatic carbocycles. The molecule has 0 spiro atoms. The van der Waals surface area contributed by atoms with E-state index in [1.54, 1.807) is 41.2 Å². The van der Waals surface area contributed by atoms with Crippen LogP contribution >= 0.6 is 11.6 Å². The summed E-state index contributed by atoms with van der Waals surface area (Å²) in [5.41, 5.74) is 0.328. The van der Waals surface area contributed by atoms with Gasteiger partial charge in [-0.25, -0.2) is 9.78 Å². The van der Waals surface area contributed by atoms with Crippen molar-refractivity contribution < 1.29 is 22.7 Å². The van der Waals surface area contributed by atoms with Crippen LogP contribution < -0.4 is 5.32 Å². The number of carbonyl (C=O) groups excluding carboxylic acids is 1. The van der Waals surface area contributed by atoms with Gasteiger partial charge in [-0.05, 0) is 37.0 Å². The lowest BCUT2D eigenvalue weighted by Crippen LogP contribution is -2.70. The van der Waals surface area contributed by atoms with Crippen molar-refractivity contribution in [2.45, 2.75) is 51.0 Å². The quantitative estimate of drug-likeness (QED) is 0.548. The summed E-state index contributed by atoms with van der Waals surface area (Å²) in [5.74, 6) is 0.941. The van der Waals surface area contributed by atoms with Crippen molar-refractivity contribution in [3.63, 3.8) is 0 Å². The van der Waals surface area contributed by atoms with Gasteiger partial charge in [0.2, 0.25) is 11.8 Å². The Morgan fingerprint density at radius 1 is 1.38 bits per heavy atom. The Morgan fingerprint density at radius 2 is 2.21 bits per heavy atom. The van der Waals surface area contributed by atoms with Gasteiger partial charge in [0.25, 0.3) is 0 Å². The highest BCUT2D eigenvalue weighted by molar-refractivity contribution is 6.33. The average Bonchev–Trinajstić information content (AvgIpc) is 3.42. The normalized spacial score (nSPS) is 23.8. The number of ether oxygens (including phenoxy) is 1. The molecule has 1 saturated carbocycles. The van der Waals surface area contributed by atoms with Gasteiger partial charge in [0.1, 0.15) is 18.5 Å². The number of hydrogen-bond acceptors (Lipinski definition) is 7. The topological polar surface area (TPSA) is 111 Å². The van der Waals surface area contributed by atoms with Crippen molar-refractivity contribution >= 4 is 23.3 Å². The number of benzene rings is 1. The predicted molar refractivity (Wildman–Crippen MR) is 116 cm³/mol. The van der Waals surface area contributed by atoms with Crippen LogP contribution in [0.1, 0.15) is 38.0 Å². The van der Waals surface area contributed by atoms with E-state index in [1.165, 1.54) is 0 Å². The highest BCUT2D eigenvalue weighted by Gasteiger charge is 2.62. The number of fused-ring (bicyclic) bond motifs is 2. The lowest BCUT2D eigenvalue weighted by Gasteiger charge is -2.61. The van der Waals surface area contributed by atoms with Crippen molar-refractivity contribution in [2.24, 2.45) is 13.0 Å². The lowest BCUT2D eigenvalue weighted by atomic mass is 9.64. The maximum atomic E-state index is 13.4. The molecule has 2 amide bonds. The monoisotopic (exact) mass is 493 g/mol. The summed E-state index contributed by atoms with van der Waals surface area (Å²) in [6, 6.07) is 4.76. The third kappa shape index (κ3) is 4.00. The van der Waals surface area contributed by atoms with Gasteiger partial charge in [0.05, 0.1) is 5.02 Å². The first kappa shape index (κ1) is 22.7. The van der Waals surface area contributed by atoms with E-state index in [4.69, 9.17) is 16.0 Å². The maximum absolute atomic E-state index is 13.4. The van der Waals surface area contributed by atoms with E-state index in [1.807, 2.05) is 0 Å². The van der Waals surface area contributed by atoms with Crippen LogP contribution in [0.5, 0.6) is 0 Å². The van der Waals surface area contributed by atoms with E-state index in [2.05, 4.69) is 37.3 Å². The molecule has 180 valence electrons. The fourth-order valence-electron chi connectivity index (χ4n) is 5.00. The summed E-state index contributed by atoms with van der Waals surface area (Å²) in [6.07, 6.45) is 3.69. The Hall–Kier alpha value is -3.12. The number of alkyl halides is 2. The number of amides is 2. The molecule has 3 fully saturated rings. The third-order valence-electron chi connectivity index (χ3n) is 6.23. The first-order chi connectivity index (χ1) is 16.2. The molecule has 1 aliphatic carbocycles. The minimum Gasteiger partial charge on any atom is -0.420 e. The van der Waals surface area contributed by atoms with Crippen molar-refractivity contribution in [2.75, 3.05) is 5.32 Å². The number of piperidine rings is 1. The summed E-state index contributed by atoms with van der Waals surface area (Å²) in [7, 11) is 1.75. The van der Waals surface area contributed by atoms with Crippen LogP contribution in [-0.4, -0.2) is 48.5 Å². The standard InChI is InChI=1S/C21H22ClF2N7O3/c1-11-5-13-8-21(7-11,18-28-27-16(34-18)9-33-19(23)24)31(13)20(32)26-12-3-4-15(22)14(6-12)17-25-10-30(2)29-17/h3-4,6,10-11,13,19H,5,7-9H2,1-2H3,(H,26,32)/t11-,13-,21+/m1/s1.